The van der Waals surface area contributed by atoms with Crippen molar-refractivity contribution >= 4 is 17.7 Å². The third-order valence-corrected chi connectivity index (χ3v) is 6.84. The molecule has 0 fully saturated rings. The molecular formula is C30H33NO3. The average Bonchev–Trinajstić information content (AvgIpc) is 2.83. The largest absolute Gasteiger partial charge is 0.493 e. The fourth-order valence-corrected chi connectivity index (χ4v) is 5.33. The first-order valence-corrected chi connectivity index (χ1v) is 11.6. The van der Waals surface area contributed by atoms with Gasteiger partial charge in [0.1, 0.15) is 0 Å². The number of rotatable bonds is 5. The Hall–Kier alpha value is -3.53. The van der Waals surface area contributed by atoms with Crippen molar-refractivity contribution in [2.45, 2.75) is 45.1 Å². The van der Waals surface area contributed by atoms with E-state index in [1.54, 1.807) is 20.3 Å². The van der Waals surface area contributed by atoms with Crippen LogP contribution in [0.3, 0.4) is 0 Å². The molecule has 4 rings (SSSR count). The number of fused-ring (bicyclic) bond motifs is 1. The lowest BCUT2D eigenvalue weighted by Gasteiger charge is -2.51. The van der Waals surface area contributed by atoms with Crippen LogP contribution in [0.5, 0.6) is 11.5 Å². The number of methoxy groups -OCH3 is 2. The van der Waals surface area contributed by atoms with Crippen molar-refractivity contribution in [1.29, 1.82) is 0 Å². The van der Waals surface area contributed by atoms with Gasteiger partial charge >= 0.3 is 0 Å². The number of hydrogen-bond acceptors (Lipinski definition) is 3. The lowest BCUT2D eigenvalue weighted by Crippen LogP contribution is -2.55. The Kier molecular flexibility index (Phi) is 6.26. The van der Waals surface area contributed by atoms with Crippen LogP contribution in [0.4, 0.5) is 5.69 Å². The quantitative estimate of drug-likeness (QED) is 0.410. The molecule has 1 amide bonds. The molecule has 0 bridgehead atoms. The van der Waals surface area contributed by atoms with Gasteiger partial charge in [0.2, 0.25) is 0 Å². The number of nitrogens with zero attached hydrogens (tertiary/aromatic N) is 1. The van der Waals surface area contributed by atoms with Gasteiger partial charge in [0, 0.05) is 22.7 Å². The van der Waals surface area contributed by atoms with E-state index in [0.29, 0.717) is 11.5 Å². The van der Waals surface area contributed by atoms with Crippen molar-refractivity contribution in [2.24, 2.45) is 0 Å². The third kappa shape index (κ3) is 4.21. The smallest absolute Gasteiger partial charge is 0.251 e. The number of ether oxygens (including phenoxy) is 2. The number of hydrogen-bond donors (Lipinski definition) is 0. The Labute approximate surface area is 202 Å². The first-order chi connectivity index (χ1) is 16.2. The summed E-state index contributed by atoms with van der Waals surface area (Å²) >= 11 is 0. The van der Waals surface area contributed by atoms with Gasteiger partial charge in [-0.2, -0.15) is 0 Å². The number of aryl methyl sites for hydroxylation is 1. The van der Waals surface area contributed by atoms with Crippen LogP contribution in [0, 0.1) is 6.92 Å². The molecule has 3 aromatic rings. The lowest BCUT2D eigenvalue weighted by molar-refractivity contribution is -0.115. The molecule has 1 aliphatic rings. The molecule has 1 heterocycles. The van der Waals surface area contributed by atoms with E-state index in [9.17, 15) is 4.79 Å². The van der Waals surface area contributed by atoms with Gasteiger partial charge in [-0.15, -0.1) is 0 Å². The molecule has 0 spiro atoms. The normalized spacial score (nSPS) is 19.1. The van der Waals surface area contributed by atoms with Crippen LogP contribution >= 0.6 is 0 Å². The van der Waals surface area contributed by atoms with Gasteiger partial charge in [-0.25, -0.2) is 0 Å². The van der Waals surface area contributed by atoms with E-state index in [1.165, 1.54) is 16.7 Å². The third-order valence-electron chi connectivity index (χ3n) is 6.84. The number of benzene rings is 3. The van der Waals surface area contributed by atoms with Crippen LogP contribution in [0.1, 0.15) is 49.4 Å². The predicted octanol–water partition coefficient (Wildman–Crippen LogP) is 6.55. The summed E-state index contributed by atoms with van der Waals surface area (Å²) in [5.41, 5.74) is 4.90. The molecule has 0 N–H and O–H groups in total. The van der Waals surface area contributed by atoms with Gasteiger partial charge < -0.3 is 14.4 Å². The Morgan fingerprint density at radius 2 is 1.62 bits per heavy atom. The summed E-state index contributed by atoms with van der Waals surface area (Å²) in [6.07, 6.45) is 4.30. The minimum atomic E-state index is -0.383. The average molecular weight is 456 g/mol. The SMILES string of the molecule is COc1ccc(/C=C/C(=O)N2c3ccc(C)cc3[C@@](C)(c3ccccc3)CC2(C)C)cc1OC. The zero-order valence-corrected chi connectivity index (χ0v) is 20.9. The topological polar surface area (TPSA) is 38.8 Å². The molecule has 176 valence electrons. The van der Waals surface area contributed by atoms with E-state index >= 15 is 0 Å². The maximum atomic E-state index is 13.6. The first-order valence-electron chi connectivity index (χ1n) is 11.6. The van der Waals surface area contributed by atoms with Crippen molar-refractivity contribution in [1.82, 2.24) is 0 Å². The second kappa shape index (κ2) is 9.02. The number of anilines is 1. The fourth-order valence-electron chi connectivity index (χ4n) is 5.33. The van der Waals surface area contributed by atoms with Gasteiger partial charge in [0.25, 0.3) is 5.91 Å². The molecule has 0 aromatic heterocycles. The van der Waals surface area contributed by atoms with Crippen LogP contribution in [-0.2, 0) is 10.2 Å². The molecule has 34 heavy (non-hydrogen) atoms. The molecule has 0 aliphatic carbocycles. The summed E-state index contributed by atoms with van der Waals surface area (Å²) in [4.78, 5) is 15.6. The van der Waals surface area contributed by atoms with E-state index in [-0.39, 0.29) is 16.9 Å². The molecule has 0 unspecified atom stereocenters. The Balaban J connectivity index is 1.75. The van der Waals surface area contributed by atoms with Crippen molar-refractivity contribution in [3.05, 3.63) is 95.1 Å². The van der Waals surface area contributed by atoms with E-state index in [2.05, 4.69) is 70.2 Å². The van der Waals surface area contributed by atoms with E-state index in [4.69, 9.17) is 9.47 Å². The fraction of sp³-hybridized carbons (Fsp3) is 0.300. The van der Waals surface area contributed by atoms with Crippen LogP contribution in [-0.4, -0.2) is 25.7 Å². The van der Waals surface area contributed by atoms with Crippen LogP contribution in [0.15, 0.2) is 72.8 Å². The summed E-state index contributed by atoms with van der Waals surface area (Å²) in [6.45, 7) is 8.70. The van der Waals surface area contributed by atoms with Crippen LogP contribution in [0.2, 0.25) is 0 Å². The summed E-state index contributed by atoms with van der Waals surface area (Å²) in [6, 6.07) is 22.6. The highest BCUT2D eigenvalue weighted by atomic mass is 16.5. The van der Waals surface area contributed by atoms with E-state index < -0.39 is 0 Å². The van der Waals surface area contributed by atoms with Crippen molar-refractivity contribution in [3.63, 3.8) is 0 Å². The zero-order chi connectivity index (χ0) is 24.5. The second-order valence-electron chi connectivity index (χ2n) is 9.83. The molecule has 3 aromatic carbocycles. The summed E-state index contributed by atoms with van der Waals surface area (Å²) in [5, 5.41) is 0. The molecule has 1 aliphatic heterocycles. The van der Waals surface area contributed by atoms with Crippen LogP contribution < -0.4 is 14.4 Å². The van der Waals surface area contributed by atoms with Gasteiger partial charge in [0.15, 0.2) is 11.5 Å². The minimum Gasteiger partial charge on any atom is -0.493 e. The first kappa shape index (κ1) is 23.6. The molecule has 4 nitrogen and oxygen atoms in total. The number of carbonyl (C=O) groups is 1. The monoisotopic (exact) mass is 455 g/mol. The predicted molar refractivity (Wildman–Crippen MR) is 139 cm³/mol. The number of amides is 1. The van der Waals surface area contributed by atoms with Gasteiger partial charge in [-0.1, -0.05) is 61.0 Å². The summed E-state index contributed by atoms with van der Waals surface area (Å²) < 4.78 is 10.7. The highest BCUT2D eigenvalue weighted by Gasteiger charge is 2.47. The molecule has 0 saturated heterocycles. The standard InChI is InChI=1S/C30H33NO3/c1-21-12-15-25-24(18-21)30(4,23-10-8-7-9-11-23)20-29(2,3)31(25)28(32)17-14-22-13-16-26(33-5)27(19-22)34-6/h7-19H,20H2,1-6H3/b17-14+/t30-/m1/s1. The van der Waals surface area contributed by atoms with E-state index in [1.807, 2.05) is 35.2 Å². The maximum absolute atomic E-state index is 13.6. The number of carbonyl (C=O) groups excluding carboxylic acids is 1. The molecule has 0 saturated carbocycles. The minimum absolute atomic E-state index is 0.0417. The van der Waals surface area contributed by atoms with Gasteiger partial charge in [0.05, 0.1) is 14.2 Å². The van der Waals surface area contributed by atoms with Crippen molar-refractivity contribution in [3.8, 4) is 11.5 Å². The Morgan fingerprint density at radius 1 is 0.912 bits per heavy atom. The Bertz CT molecular complexity index is 1230. The highest BCUT2D eigenvalue weighted by molar-refractivity contribution is 6.06. The van der Waals surface area contributed by atoms with Gasteiger partial charge in [-0.05, 0) is 68.2 Å². The zero-order valence-electron chi connectivity index (χ0n) is 20.9. The molecule has 1 atom stereocenters. The lowest BCUT2D eigenvalue weighted by atomic mass is 9.65. The summed E-state index contributed by atoms with van der Waals surface area (Å²) in [7, 11) is 3.22. The van der Waals surface area contributed by atoms with Gasteiger partial charge in [-0.3, -0.25) is 4.79 Å². The Morgan fingerprint density at radius 3 is 2.29 bits per heavy atom. The molecule has 4 heteroatoms. The maximum Gasteiger partial charge on any atom is 0.251 e. The van der Waals surface area contributed by atoms with Crippen LogP contribution in [0.25, 0.3) is 6.08 Å². The van der Waals surface area contributed by atoms with E-state index in [0.717, 1.165) is 17.7 Å². The molecule has 0 radical (unpaired) electrons. The van der Waals surface area contributed by atoms with Crippen molar-refractivity contribution in [2.75, 3.05) is 19.1 Å². The summed E-state index contributed by atoms with van der Waals surface area (Å²) in [5.74, 6) is 1.25. The molecular weight excluding hydrogens is 422 g/mol. The highest BCUT2D eigenvalue weighted by Crippen LogP contribution is 2.50. The second-order valence-corrected chi connectivity index (χ2v) is 9.83. The van der Waals surface area contributed by atoms with Crippen molar-refractivity contribution < 1.29 is 14.3 Å².